The maximum absolute atomic E-state index is 14.0. The van der Waals surface area contributed by atoms with Gasteiger partial charge in [-0.05, 0) is 6.07 Å². The van der Waals surface area contributed by atoms with Crippen LogP contribution in [0, 0.1) is 0 Å². The standard InChI is InChI=1S/C12H12F2N2O6/c1-16-5-6(2-3-8(16)17)12(13,14)11(22)15-7(10(20)21)4-9(18)19/h2-3,5,7H,4H2,1H3,(H,15,22)(H,18,19)(H,20,21). The SMILES string of the molecule is Cn1cc(C(F)(F)C(=O)NC(CC(=O)O)C(=O)O)ccc1=O. The summed E-state index contributed by atoms with van der Waals surface area (Å²) in [5.41, 5.74) is -1.40. The fraction of sp³-hybridized carbons (Fsp3) is 0.333. The number of aryl methyl sites for hydroxylation is 1. The zero-order valence-corrected chi connectivity index (χ0v) is 11.2. The Morgan fingerprint density at radius 1 is 1.32 bits per heavy atom. The predicted molar refractivity (Wildman–Crippen MR) is 67.4 cm³/mol. The van der Waals surface area contributed by atoms with Gasteiger partial charge >= 0.3 is 17.9 Å². The Kier molecular flexibility index (Phi) is 4.97. The third kappa shape index (κ3) is 3.87. The molecular weight excluding hydrogens is 306 g/mol. The first-order chi connectivity index (χ1) is 10.1. The first-order valence-electron chi connectivity index (χ1n) is 5.86. The van der Waals surface area contributed by atoms with Crippen LogP contribution in [0.1, 0.15) is 12.0 Å². The molecule has 0 saturated heterocycles. The van der Waals surface area contributed by atoms with E-state index in [2.05, 4.69) is 0 Å². The second-order valence-corrected chi connectivity index (χ2v) is 4.40. The number of carbonyl (C=O) groups excluding carboxylic acids is 1. The average molecular weight is 318 g/mol. The number of hydrogen-bond donors (Lipinski definition) is 3. The zero-order valence-electron chi connectivity index (χ0n) is 11.2. The van der Waals surface area contributed by atoms with E-state index in [9.17, 15) is 28.0 Å². The van der Waals surface area contributed by atoms with Gasteiger partial charge in [0.2, 0.25) is 5.56 Å². The summed E-state index contributed by atoms with van der Waals surface area (Å²) in [6, 6.07) is -0.444. The molecule has 0 aliphatic rings. The van der Waals surface area contributed by atoms with Crippen molar-refractivity contribution in [3.63, 3.8) is 0 Å². The number of rotatable bonds is 6. The van der Waals surface area contributed by atoms with Crippen molar-refractivity contribution in [2.75, 3.05) is 0 Å². The molecule has 0 aliphatic carbocycles. The van der Waals surface area contributed by atoms with E-state index >= 15 is 0 Å². The molecule has 0 aromatic carbocycles. The summed E-state index contributed by atoms with van der Waals surface area (Å²) in [5.74, 6) is -9.43. The fourth-order valence-electron chi connectivity index (χ4n) is 1.53. The largest absolute Gasteiger partial charge is 0.481 e. The second kappa shape index (κ2) is 6.33. The molecule has 1 rings (SSSR count). The topological polar surface area (TPSA) is 126 Å². The van der Waals surface area contributed by atoms with Crippen LogP contribution in [0.15, 0.2) is 23.1 Å². The molecule has 1 aromatic heterocycles. The van der Waals surface area contributed by atoms with Gasteiger partial charge in [0.05, 0.1) is 6.42 Å². The molecule has 1 amide bonds. The van der Waals surface area contributed by atoms with Crippen LogP contribution in [0.25, 0.3) is 0 Å². The van der Waals surface area contributed by atoms with E-state index in [0.29, 0.717) is 0 Å². The van der Waals surface area contributed by atoms with Crippen molar-refractivity contribution in [2.24, 2.45) is 7.05 Å². The van der Waals surface area contributed by atoms with Gasteiger partial charge in [0.15, 0.2) is 0 Å². The maximum Gasteiger partial charge on any atom is 0.351 e. The molecule has 22 heavy (non-hydrogen) atoms. The summed E-state index contributed by atoms with van der Waals surface area (Å²) >= 11 is 0. The van der Waals surface area contributed by atoms with Crippen molar-refractivity contribution in [1.29, 1.82) is 0 Å². The van der Waals surface area contributed by atoms with E-state index in [1.54, 1.807) is 0 Å². The fourth-order valence-corrected chi connectivity index (χ4v) is 1.53. The minimum absolute atomic E-state index is 0.575. The van der Waals surface area contributed by atoms with Crippen LogP contribution in [-0.2, 0) is 27.4 Å². The molecule has 0 aliphatic heterocycles. The Hall–Kier alpha value is -2.78. The molecule has 0 bridgehead atoms. The zero-order chi connectivity index (χ0) is 17.1. The number of aromatic nitrogens is 1. The lowest BCUT2D eigenvalue weighted by atomic mass is 10.1. The molecule has 0 radical (unpaired) electrons. The first kappa shape index (κ1) is 17.3. The number of halogens is 2. The van der Waals surface area contributed by atoms with Crippen LogP contribution in [0.2, 0.25) is 0 Å². The molecule has 1 aromatic rings. The number of nitrogens with zero attached hydrogens (tertiary/aromatic N) is 1. The van der Waals surface area contributed by atoms with Gasteiger partial charge < -0.3 is 20.1 Å². The molecule has 0 spiro atoms. The minimum atomic E-state index is -4.13. The van der Waals surface area contributed by atoms with E-state index in [-0.39, 0.29) is 0 Å². The number of alkyl halides is 2. The Balaban J connectivity index is 3.02. The number of aliphatic carboxylic acids is 2. The summed E-state index contributed by atoms with van der Waals surface area (Å²) in [7, 11) is 1.20. The molecule has 8 nitrogen and oxygen atoms in total. The van der Waals surface area contributed by atoms with Gasteiger partial charge in [-0.2, -0.15) is 8.78 Å². The van der Waals surface area contributed by atoms with Crippen LogP contribution in [0.5, 0.6) is 0 Å². The Morgan fingerprint density at radius 3 is 2.36 bits per heavy atom. The van der Waals surface area contributed by atoms with Gasteiger partial charge in [0.1, 0.15) is 6.04 Å². The lowest BCUT2D eigenvalue weighted by Crippen LogP contribution is -2.48. The minimum Gasteiger partial charge on any atom is -0.481 e. The van der Waals surface area contributed by atoms with E-state index in [0.717, 1.165) is 22.9 Å². The van der Waals surface area contributed by atoms with Gasteiger partial charge in [-0.25, -0.2) is 4.79 Å². The van der Waals surface area contributed by atoms with Crippen LogP contribution < -0.4 is 10.9 Å². The van der Waals surface area contributed by atoms with Crippen molar-refractivity contribution in [1.82, 2.24) is 9.88 Å². The highest BCUT2D eigenvalue weighted by Gasteiger charge is 2.43. The molecule has 1 heterocycles. The molecular formula is C12H12F2N2O6. The van der Waals surface area contributed by atoms with E-state index in [1.165, 1.54) is 12.4 Å². The first-order valence-corrected chi connectivity index (χ1v) is 5.86. The molecule has 1 atom stereocenters. The molecule has 10 heteroatoms. The van der Waals surface area contributed by atoms with Crippen molar-refractivity contribution in [3.05, 3.63) is 34.2 Å². The quantitative estimate of drug-likeness (QED) is 0.650. The van der Waals surface area contributed by atoms with Crippen molar-refractivity contribution < 1.29 is 33.4 Å². The predicted octanol–water partition coefficient (Wildman–Crippen LogP) is -0.479. The highest BCUT2D eigenvalue weighted by Crippen LogP contribution is 2.27. The summed E-state index contributed by atoms with van der Waals surface area (Å²) < 4.78 is 28.7. The molecule has 0 saturated carbocycles. The summed E-state index contributed by atoms with van der Waals surface area (Å²) in [6.45, 7) is 0. The van der Waals surface area contributed by atoms with Crippen molar-refractivity contribution in [2.45, 2.75) is 18.4 Å². The van der Waals surface area contributed by atoms with Gasteiger partial charge in [0, 0.05) is 24.9 Å². The lowest BCUT2D eigenvalue weighted by molar-refractivity contribution is -0.154. The van der Waals surface area contributed by atoms with Gasteiger partial charge in [-0.3, -0.25) is 14.4 Å². The molecule has 3 N–H and O–H groups in total. The lowest BCUT2D eigenvalue weighted by Gasteiger charge is -2.19. The number of pyridine rings is 1. The monoisotopic (exact) mass is 318 g/mol. The third-order valence-corrected chi connectivity index (χ3v) is 2.72. The summed E-state index contributed by atoms with van der Waals surface area (Å²) in [6.07, 6.45) is -0.320. The van der Waals surface area contributed by atoms with Gasteiger partial charge in [-0.1, -0.05) is 0 Å². The Labute approximate surface area is 122 Å². The van der Waals surface area contributed by atoms with Crippen LogP contribution >= 0.6 is 0 Å². The van der Waals surface area contributed by atoms with E-state index in [4.69, 9.17) is 10.2 Å². The van der Waals surface area contributed by atoms with Crippen LogP contribution in [-0.4, -0.2) is 38.7 Å². The summed E-state index contributed by atoms with van der Waals surface area (Å²) in [5, 5.41) is 18.7. The number of carbonyl (C=O) groups is 3. The molecule has 120 valence electrons. The Bertz CT molecular complexity index is 670. The van der Waals surface area contributed by atoms with Gasteiger partial charge in [-0.15, -0.1) is 0 Å². The Morgan fingerprint density at radius 2 is 1.91 bits per heavy atom. The average Bonchev–Trinajstić information content (AvgIpc) is 2.40. The highest BCUT2D eigenvalue weighted by molar-refractivity contribution is 5.90. The van der Waals surface area contributed by atoms with Crippen LogP contribution in [0.4, 0.5) is 8.78 Å². The highest BCUT2D eigenvalue weighted by atomic mass is 19.3. The summed E-state index contributed by atoms with van der Waals surface area (Å²) in [4.78, 5) is 43.9. The van der Waals surface area contributed by atoms with Crippen molar-refractivity contribution in [3.8, 4) is 0 Å². The number of carboxylic acids is 2. The number of amides is 1. The number of nitrogens with one attached hydrogen (secondary N) is 1. The number of carboxylic acid groups (broad SMARTS) is 2. The normalized spacial score (nSPS) is 12.5. The van der Waals surface area contributed by atoms with Crippen LogP contribution in [0.3, 0.4) is 0 Å². The second-order valence-electron chi connectivity index (χ2n) is 4.40. The number of hydrogen-bond acceptors (Lipinski definition) is 4. The van der Waals surface area contributed by atoms with E-state index < -0.39 is 47.4 Å². The van der Waals surface area contributed by atoms with Crippen molar-refractivity contribution >= 4 is 17.8 Å². The smallest absolute Gasteiger partial charge is 0.351 e. The molecule has 0 fully saturated rings. The maximum atomic E-state index is 14.0. The van der Waals surface area contributed by atoms with E-state index in [1.807, 2.05) is 0 Å². The van der Waals surface area contributed by atoms with Gasteiger partial charge in [0.25, 0.3) is 5.91 Å². The molecule has 1 unspecified atom stereocenters. The third-order valence-electron chi connectivity index (χ3n) is 2.72.